The fourth-order valence-electron chi connectivity index (χ4n) is 0.960. The molecule has 0 bridgehead atoms. The molecule has 0 amide bonds. The number of carbonyl (C=O) groups is 2. The van der Waals surface area contributed by atoms with Gasteiger partial charge in [0.1, 0.15) is 0 Å². The summed E-state index contributed by atoms with van der Waals surface area (Å²) in [6, 6.07) is 0. The number of carbonyl (C=O) groups excluding carboxylic acids is 1. The maximum Gasteiger partial charge on any atom is 0.349 e. The van der Waals surface area contributed by atoms with Crippen LogP contribution in [-0.4, -0.2) is 35.6 Å². The van der Waals surface area contributed by atoms with Crippen LogP contribution < -0.4 is 0 Å². The largest absolute Gasteiger partial charge is 0.477 e. The summed E-state index contributed by atoms with van der Waals surface area (Å²) >= 11 is 1.65. The fraction of sp³-hybridized carbons (Fsp3) is 0.500. The maximum atomic E-state index is 11.8. The van der Waals surface area contributed by atoms with Gasteiger partial charge in [0.15, 0.2) is 14.7 Å². The van der Waals surface area contributed by atoms with Gasteiger partial charge in [-0.05, 0) is 25.6 Å². The number of rotatable bonds is 3. The first kappa shape index (κ1) is 13.6. The number of carboxylic acids is 1. The minimum atomic E-state index is -3.86. The Bertz CT molecular complexity index is 460. The average molecular weight is 282 g/mol. The van der Waals surface area contributed by atoms with Crippen LogP contribution in [-0.2, 0) is 19.4 Å². The van der Waals surface area contributed by atoms with E-state index in [9.17, 15) is 18.0 Å². The molecule has 1 aliphatic rings. The summed E-state index contributed by atoms with van der Waals surface area (Å²) in [6.45, 7) is 2.82. The molecule has 5 nitrogen and oxygen atoms in total. The number of sulfone groups is 1. The number of hydrogen-bond donors (Lipinski definition) is 1. The number of hydrogen-bond acceptors (Lipinski definition) is 6. The third kappa shape index (κ3) is 2.61. The Hall–Kier alpha value is -0.470. The van der Waals surface area contributed by atoms with Crippen LogP contribution >= 0.6 is 23.5 Å². The lowest BCUT2D eigenvalue weighted by atomic mass is 10.6. The van der Waals surface area contributed by atoms with Crippen molar-refractivity contribution in [2.75, 3.05) is 5.75 Å². The Kier molecular flexibility index (Phi) is 4.08. The lowest BCUT2D eigenvalue weighted by Gasteiger charge is -2.09. The summed E-state index contributed by atoms with van der Waals surface area (Å²) in [6.07, 6.45) is 0. The van der Waals surface area contributed by atoms with Crippen molar-refractivity contribution in [3.63, 3.8) is 0 Å². The third-order valence-electron chi connectivity index (χ3n) is 1.81. The first-order valence-corrected chi connectivity index (χ1v) is 7.66. The summed E-state index contributed by atoms with van der Waals surface area (Å²) in [5.74, 6) is -1.39. The van der Waals surface area contributed by atoms with Crippen molar-refractivity contribution in [3.8, 4) is 0 Å². The molecular weight excluding hydrogens is 272 g/mol. The highest BCUT2D eigenvalue weighted by Crippen LogP contribution is 2.41. The number of carboxylic acid groups (broad SMARTS) is 1. The summed E-state index contributed by atoms with van der Waals surface area (Å²) in [7, 11) is -3.86. The quantitative estimate of drug-likeness (QED) is 0.774. The Labute approximate surface area is 102 Å². The maximum absolute atomic E-state index is 11.8. The van der Waals surface area contributed by atoms with E-state index in [1.807, 2.05) is 0 Å². The highest BCUT2D eigenvalue weighted by Gasteiger charge is 2.35. The summed E-state index contributed by atoms with van der Waals surface area (Å²) in [5, 5.41) is 7.89. The fourth-order valence-corrected chi connectivity index (χ4v) is 4.86. The second-order valence-electron chi connectivity index (χ2n) is 3.28. The van der Waals surface area contributed by atoms with Crippen LogP contribution in [0, 0.1) is 0 Å². The van der Waals surface area contributed by atoms with E-state index in [1.54, 1.807) is 0 Å². The van der Waals surface area contributed by atoms with Gasteiger partial charge < -0.3 is 5.11 Å². The van der Waals surface area contributed by atoms with Crippen LogP contribution in [0.5, 0.6) is 0 Å². The van der Waals surface area contributed by atoms with Gasteiger partial charge in [-0.3, -0.25) is 4.79 Å². The lowest BCUT2D eigenvalue weighted by Crippen LogP contribution is -2.22. The van der Waals surface area contributed by atoms with Crippen molar-refractivity contribution in [1.82, 2.24) is 0 Å². The molecule has 1 fully saturated rings. The molecule has 0 aromatic rings. The predicted molar refractivity (Wildman–Crippen MR) is 63.8 cm³/mol. The molecule has 8 heteroatoms. The topological polar surface area (TPSA) is 88.5 Å². The highest BCUT2D eigenvalue weighted by atomic mass is 32.2. The zero-order valence-electron chi connectivity index (χ0n) is 8.59. The van der Waals surface area contributed by atoms with Crippen LogP contribution in [0.2, 0.25) is 0 Å². The van der Waals surface area contributed by atoms with Crippen molar-refractivity contribution < 1.29 is 23.1 Å². The Morgan fingerprint density at radius 3 is 2.31 bits per heavy atom. The van der Waals surface area contributed by atoms with Crippen molar-refractivity contribution in [3.05, 3.63) is 9.14 Å². The van der Waals surface area contributed by atoms with Crippen LogP contribution in [0.25, 0.3) is 0 Å². The summed E-state index contributed by atoms with van der Waals surface area (Å²) < 4.78 is 23.7. The van der Waals surface area contributed by atoms with Crippen molar-refractivity contribution in [1.29, 1.82) is 0 Å². The van der Waals surface area contributed by atoms with Crippen molar-refractivity contribution in [2.24, 2.45) is 0 Å². The van der Waals surface area contributed by atoms with Gasteiger partial charge in [0.2, 0.25) is 5.12 Å². The SMILES string of the molecule is CC(C)S(=O)(=O)C(C(=O)O)=C1SCC(=O)S1. The lowest BCUT2D eigenvalue weighted by molar-refractivity contribution is -0.131. The van der Waals surface area contributed by atoms with Gasteiger partial charge in [-0.15, -0.1) is 11.8 Å². The van der Waals surface area contributed by atoms with Gasteiger partial charge in [0.25, 0.3) is 0 Å². The third-order valence-corrected chi connectivity index (χ3v) is 6.68. The van der Waals surface area contributed by atoms with Crippen LogP contribution in [0.3, 0.4) is 0 Å². The van der Waals surface area contributed by atoms with Crippen LogP contribution in [0.15, 0.2) is 9.14 Å². The summed E-state index contributed by atoms with van der Waals surface area (Å²) in [4.78, 5) is 21.3. The van der Waals surface area contributed by atoms with Gasteiger partial charge in [-0.2, -0.15) is 0 Å². The van der Waals surface area contributed by atoms with E-state index in [-0.39, 0.29) is 15.1 Å². The molecule has 16 heavy (non-hydrogen) atoms. The smallest absolute Gasteiger partial charge is 0.349 e. The number of aliphatic carboxylic acids is 1. The van der Waals surface area contributed by atoms with Crippen LogP contribution in [0.1, 0.15) is 13.8 Å². The Morgan fingerprint density at radius 1 is 1.44 bits per heavy atom. The van der Waals surface area contributed by atoms with E-state index in [2.05, 4.69) is 0 Å². The normalized spacial score (nSPS) is 20.3. The minimum absolute atomic E-state index is 0.0752. The van der Waals surface area contributed by atoms with E-state index in [4.69, 9.17) is 5.11 Å². The highest BCUT2D eigenvalue weighted by molar-refractivity contribution is 8.34. The molecule has 0 saturated carbocycles. The van der Waals surface area contributed by atoms with E-state index < -0.39 is 26.0 Å². The molecule has 1 N–H and O–H groups in total. The van der Waals surface area contributed by atoms with Gasteiger partial charge in [-0.25, -0.2) is 13.2 Å². The van der Waals surface area contributed by atoms with Crippen LogP contribution in [0.4, 0.5) is 0 Å². The molecular formula is C8H10O5S3. The molecule has 0 aliphatic carbocycles. The molecule has 1 saturated heterocycles. The van der Waals surface area contributed by atoms with Gasteiger partial charge in [-0.1, -0.05) is 0 Å². The molecule has 0 unspecified atom stereocenters. The second kappa shape index (κ2) is 4.80. The van der Waals surface area contributed by atoms with E-state index in [0.29, 0.717) is 11.8 Å². The first-order chi connectivity index (χ1) is 7.26. The Morgan fingerprint density at radius 2 is 2.00 bits per heavy atom. The van der Waals surface area contributed by atoms with Gasteiger partial charge in [0, 0.05) is 0 Å². The summed E-state index contributed by atoms with van der Waals surface area (Å²) in [5.41, 5.74) is 0. The molecule has 1 rings (SSSR count). The van der Waals surface area contributed by atoms with Gasteiger partial charge >= 0.3 is 5.97 Å². The van der Waals surface area contributed by atoms with Gasteiger partial charge in [0.05, 0.1) is 15.2 Å². The molecule has 0 spiro atoms. The first-order valence-electron chi connectivity index (χ1n) is 4.31. The average Bonchev–Trinajstić information content (AvgIpc) is 2.50. The second-order valence-corrected chi connectivity index (χ2v) is 8.03. The van der Waals surface area contributed by atoms with E-state index in [0.717, 1.165) is 11.8 Å². The van der Waals surface area contributed by atoms with Crippen molar-refractivity contribution >= 4 is 44.4 Å². The molecule has 90 valence electrons. The molecule has 0 aromatic heterocycles. The zero-order valence-corrected chi connectivity index (χ0v) is 11.0. The molecule has 0 radical (unpaired) electrons. The molecule has 0 atom stereocenters. The predicted octanol–water partition coefficient (Wildman–Crippen LogP) is 1.07. The minimum Gasteiger partial charge on any atom is -0.477 e. The molecule has 1 aliphatic heterocycles. The standard InChI is InChI=1S/C8H10O5S3/c1-4(2)16(12,13)6(7(10)11)8-14-3-5(9)15-8/h4H,3H2,1-2H3,(H,10,11). The zero-order chi connectivity index (χ0) is 12.5. The molecule has 1 heterocycles. The monoisotopic (exact) mass is 282 g/mol. The molecule has 0 aromatic carbocycles. The van der Waals surface area contributed by atoms with E-state index in [1.165, 1.54) is 13.8 Å². The Balaban J connectivity index is 3.31. The number of thioether (sulfide) groups is 2. The van der Waals surface area contributed by atoms with E-state index >= 15 is 0 Å². The van der Waals surface area contributed by atoms with Crippen molar-refractivity contribution in [2.45, 2.75) is 19.1 Å².